The Labute approximate surface area is 181 Å². The number of thioether (sulfide) groups is 1. The van der Waals surface area contributed by atoms with Gasteiger partial charge in [-0.1, -0.05) is 30.3 Å². The molecule has 0 radical (unpaired) electrons. The van der Waals surface area contributed by atoms with Crippen molar-refractivity contribution in [3.8, 4) is 0 Å². The van der Waals surface area contributed by atoms with E-state index < -0.39 is 16.7 Å². The summed E-state index contributed by atoms with van der Waals surface area (Å²) in [6.07, 6.45) is 2.83. The van der Waals surface area contributed by atoms with Crippen LogP contribution >= 0.6 is 11.8 Å². The molecule has 1 aromatic rings. The van der Waals surface area contributed by atoms with Crippen molar-refractivity contribution >= 4 is 29.5 Å². The maximum absolute atomic E-state index is 13.5. The number of aliphatic hydroxyl groups excluding tert-OH is 1. The number of benzene rings is 1. The summed E-state index contributed by atoms with van der Waals surface area (Å²) in [5.41, 5.74) is 1.00. The molecule has 3 amide bonds. The molecule has 0 aliphatic carbocycles. The molecule has 3 aliphatic heterocycles. The van der Waals surface area contributed by atoms with Gasteiger partial charge in [-0.25, -0.2) is 0 Å². The fraction of sp³-hybridized carbons (Fsp3) is 0.591. The van der Waals surface area contributed by atoms with E-state index in [0.717, 1.165) is 18.4 Å². The van der Waals surface area contributed by atoms with Crippen LogP contribution in [-0.2, 0) is 20.9 Å². The van der Waals surface area contributed by atoms with E-state index in [1.807, 2.05) is 30.3 Å². The van der Waals surface area contributed by atoms with E-state index in [1.165, 1.54) is 0 Å². The Hall–Kier alpha value is -2.06. The number of fused-ring (bicyclic) bond motifs is 1. The molecule has 30 heavy (non-hydrogen) atoms. The van der Waals surface area contributed by atoms with Gasteiger partial charge in [0.25, 0.3) is 0 Å². The zero-order valence-electron chi connectivity index (χ0n) is 17.2. The minimum absolute atomic E-state index is 0.0547. The molecule has 1 spiro atoms. The second-order valence-corrected chi connectivity index (χ2v) is 9.94. The second-order valence-electron chi connectivity index (χ2n) is 8.34. The van der Waals surface area contributed by atoms with Gasteiger partial charge in [0.2, 0.25) is 17.7 Å². The first-order chi connectivity index (χ1) is 14.5. The third kappa shape index (κ3) is 3.39. The van der Waals surface area contributed by atoms with E-state index in [2.05, 4.69) is 10.6 Å². The maximum atomic E-state index is 13.5. The first-order valence-electron chi connectivity index (χ1n) is 10.7. The largest absolute Gasteiger partial charge is 0.396 e. The Bertz CT molecular complexity index is 820. The Morgan fingerprint density at radius 3 is 2.70 bits per heavy atom. The van der Waals surface area contributed by atoms with Gasteiger partial charge in [0.15, 0.2) is 0 Å². The van der Waals surface area contributed by atoms with Gasteiger partial charge in [0, 0.05) is 32.0 Å². The standard InChI is InChI=1S/C22H29N3O4S/c1-23-19(27)16-15-9-10-22(30-15)17(16)21(29)25(11-5-6-12-26)18(22)20(28)24-13-14-7-3-2-4-8-14/h2-4,7-8,15-18,26H,5-6,9-13H2,1H3,(H,23,27)(H,24,28)/t15-,16+,17-,18?,22?/m0/s1. The van der Waals surface area contributed by atoms with Crippen LogP contribution in [0.25, 0.3) is 0 Å². The summed E-state index contributed by atoms with van der Waals surface area (Å²) in [6.45, 7) is 0.883. The lowest BCUT2D eigenvalue weighted by molar-refractivity contribution is -0.140. The molecule has 0 aromatic heterocycles. The van der Waals surface area contributed by atoms with Gasteiger partial charge in [-0.2, -0.15) is 0 Å². The van der Waals surface area contributed by atoms with Crippen LogP contribution in [0.1, 0.15) is 31.2 Å². The van der Waals surface area contributed by atoms with Crippen molar-refractivity contribution in [1.82, 2.24) is 15.5 Å². The maximum Gasteiger partial charge on any atom is 0.244 e. The molecular weight excluding hydrogens is 402 g/mol. The summed E-state index contributed by atoms with van der Waals surface area (Å²) in [4.78, 5) is 41.2. The number of aliphatic hydroxyl groups is 1. The molecule has 0 saturated carbocycles. The lowest BCUT2D eigenvalue weighted by Crippen LogP contribution is -2.53. The zero-order valence-corrected chi connectivity index (χ0v) is 18.0. The van der Waals surface area contributed by atoms with Crippen LogP contribution in [0.2, 0.25) is 0 Å². The fourth-order valence-corrected chi connectivity index (χ4v) is 7.66. The minimum Gasteiger partial charge on any atom is -0.396 e. The van der Waals surface area contributed by atoms with Crippen molar-refractivity contribution in [3.63, 3.8) is 0 Å². The average molecular weight is 432 g/mol. The van der Waals surface area contributed by atoms with Gasteiger partial charge in [-0.3, -0.25) is 14.4 Å². The van der Waals surface area contributed by atoms with E-state index in [-0.39, 0.29) is 35.5 Å². The lowest BCUT2D eigenvalue weighted by Gasteiger charge is -2.34. The number of hydrogen-bond acceptors (Lipinski definition) is 5. The summed E-state index contributed by atoms with van der Waals surface area (Å²) in [5.74, 6) is -1.18. The topological polar surface area (TPSA) is 98.7 Å². The Morgan fingerprint density at radius 2 is 2.00 bits per heavy atom. The van der Waals surface area contributed by atoms with Crippen LogP contribution in [0, 0.1) is 11.8 Å². The van der Waals surface area contributed by atoms with Crippen molar-refractivity contribution in [2.75, 3.05) is 20.2 Å². The normalized spacial score (nSPS) is 31.7. The number of nitrogens with one attached hydrogen (secondary N) is 2. The smallest absolute Gasteiger partial charge is 0.244 e. The van der Waals surface area contributed by atoms with Crippen LogP contribution in [0.3, 0.4) is 0 Å². The highest BCUT2D eigenvalue weighted by Crippen LogP contribution is 2.66. The van der Waals surface area contributed by atoms with Gasteiger partial charge < -0.3 is 20.6 Å². The minimum atomic E-state index is -0.581. The van der Waals surface area contributed by atoms with Gasteiger partial charge in [0.1, 0.15) is 6.04 Å². The molecule has 3 N–H and O–H groups in total. The van der Waals surface area contributed by atoms with Crippen molar-refractivity contribution in [2.24, 2.45) is 11.8 Å². The van der Waals surface area contributed by atoms with Crippen molar-refractivity contribution < 1.29 is 19.5 Å². The first-order valence-corrected chi connectivity index (χ1v) is 11.5. The van der Waals surface area contributed by atoms with Crippen molar-refractivity contribution in [2.45, 2.75) is 48.3 Å². The van der Waals surface area contributed by atoms with E-state index in [1.54, 1.807) is 23.7 Å². The number of carbonyl (C=O) groups is 3. The van der Waals surface area contributed by atoms with Gasteiger partial charge in [-0.15, -0.1) is 11.8 Å². The van der Waals surface area contributed by atoms with Gasteiger partial charge >= 0.3 is 0 Å². The summed E-state index contributed by atoms with van der Waals surface area (Å²) < 4.78 is -0.543. The lowest BCUT2D eigenvalue weighted by atomic mass is 9.71. The molecule has 3 fully saturated rings. The number of nitrogens with zero attached hydrogens (tertiary/aromatic N) is 1. The summed E-state index contributed by atoms with van der Waals surface area (Å²) in [5, 5.41) is 15.0. The number of carbonyl (C=O) groups excluding carboxylic acids is 3. The number of amides is 3. The number of hydrogen-bond donors (Lipinski definition) is 3. The third-order valence-corrected chi connectivity index (χ3v) is 8.67. The predicted molar refractivity (Wildman–Crippen MR) is 115 cm³/mol. The highest BCUT2D eigenvalue weighted by molar-refractivity contribution is 8.02. The van der Waals surface area contributed by atoms with E-state index in [9.17, 15) is 14.4 Å². The number of unbranched alkanes of at least 4 members (excludes halogenated alkanes) is 1. The Balaban J connectivity index is 1.60. The van der Waals surface area contributed by atoms with Crippen LogP contribution in [-0.4, -0.2) is 64.0 Å². The number of rotatable bonds is 8. The summed E-state index contributed by atoms with van der Waals surface area (Å²) >= 11 is 1.67. The average Bonchev–Trinajstić information content (AvgIpc) is 3.40. The van der Waals surface area contributed by atoms with Gasteiger partial charge in [0.05, 0.1) is 16.6 Å². The van der Waals surface area contributed by atoms with Crippen molar-refractivity contribution in [3.05, 3.63) is 35.9 Å². The summed E-state index contributed by atoms with van der Waals surface area (Å²) in [7, 11) is 1.61. The van der Waals surface area contributed by atoms with Crippen LogP contribution in [0.5, 0.6) is 0 Å². The summed E-state index contributed by atoms with van der Waals surface area (Å²) in [6, 6.07) is 9.12. The SMILES string of the molecule is CNC(=O)[C@@H]1[C@@H]2CCC3(S2)C(C(=O)NCc2ccccc2)N(CCCCO)C(=O)[C@H]13. The van der Waals surface area contributed by atoms with Crippen LogP contribution < -0.4 is 10.6 Å². The molecular formula is C22H29N3O4S. The molecule has 2 unspecified atom stereocenters. The predicted octanol–water partition coefficient (Wildman–Crippen LogP) is 0.912. The monoisotopic (exact) mass is 431 g/mol. The molecule has 162 valence electrons. The van der Waals surface area contributed by atoms with E-state index in [0.29, 0.717) is 25.9 Å². The molecule has 7 nitrogen and oxygen atoms in total. The molecule has 4 rings (SSSR count). The molecule has 1 aromatic carbocycles. The Kier molecular flexibility index (Phi) is 6.06. The molecule has 3 saturated heterocycles. The molecule has 8 heteroatoms. The fourth-order valence-electron chi connectivity index (χ4n) is 5.44. The first kappa shape index (κ1) is 21.2. The molecule has 3 aliphatic rings. The third-order valence-electron chi connectivity index (χ3n) is 6.71. The second kappa shape index (κ2) is 8.59. The van der Waals surface area contributed by atoms with Gasteiger partial charge in [-0.05, 0) is 31.2 Å². The quantitative estimate of drug-likeness (QED) is 0.532. The van der Waals surface area contributed by atoms with E-state index in [4.69, 9.17) is 5.11 Å². The molecule has 3 heterocycles. The van der Waals surface area contributed by atoms with Crippen molar-refractivity contribution in [1.29, 1.82) is 0 Å². The highest BCUT2D eigenvalue weighted by atomic mass is 32.2. The molecule has 5 atom stereocenters. The van der Waals surface area contributed by atoms with E-state index >= 15 is 0 Å². The number of likely N-dealkylation sites (tertiary alicyclic amines) is 1. The van der Waals surface area contributed by atoms with Crippen LogP contribution in [0.15, 0.2) is 30.3 Å². The van der Waals surface area contributed by atoms with Crippen LogP contribution in [0.4, 0.5) is 0 Å². The Morgan fingerprint density at radius 1 is 1.23 bits per heavy atom. The molecule has 2 bridgehead atoms. The zero-order chi connectivity index (χ0) is 21.3. The highest BCUT2D eigenvalue weighted by Gasteiger charge is 2.73.